The molecule has 0 unspecified atom stereocenters. The van der Waals surface area contributed by atoms with Crippen LogP contribution < -0.4 is 5.73 Å². The molecule has 54 valence electrons. The van der Waals surface area contributed by atoms with Crippen LogP contribution >= 0.6 is 0 Å². The summed E-state index contributed by atoms with van der Waals surface area (Å²) in [5.41, 5.74) is 5.31. The smallest absolute Gasteiger partial charge is 0.131 e. The van der Waals surface area contributed by atoms with Gasteiger partial charge < -0.3 is 5.73 Å². The number of hydrogen-bond donors (Lipinski definition) is 1. The molecule has 0 saturated heterocycles. The molecule has 4 heteroatoms. The number of aromatic nitrogens is 3. The van der Waals surface area contributed by atoms with Gasteiger partial charge in [0.2, 0.25) is 0 Å². The van der Waals surface area contributed by atoms with Crippen LogP contribution in [0.3, 0.4) is 0 Å². The lowest BCUT2D eigenvalue weighted by Gasteiger charge is -1.93. The highest BCUT2D eigenvalue weighted by molar-refractivity contribution is 4.80. The van der Waals surface area contributed by atoms with Gasteiger partial charge in [-0.15, -0.1) is 0 Å². The average Bonchev–Trinajstić information content (AvgIpc) is 2.03. The summed E-state index contributed by atoms with van der Waals surface area (Å²) in [4.78, 5) is 11.6. The van der Waals surface area contributed by atoms with Gasteiger partial charge in [-0.1, -0.05) is 0 Å². The van der Waals surface area contributed by atoms with Gasteiger partial charge in [0, 0.05) is 6.42 Å². The molecule has 2 N–H and O–H groups in total. The van der Waals surface area contributed by atoms with E-state index < -0.39 is 0 Å². The minimum absolute atomic E-state index is 0.686. The molecule has 1 rings (SSSR count). The van der Waals surface area contributed by atoms with Crippen molar-refractivity contribution >= 4 is 0 Å². The SMILES string of the molecule is NCCCc1ncncn1. The molecule has 0 bridgehead atoms. The molecule has 0 aliphatic heterocycles. The van der Waals surface area contributed by atoms with E-state index in [4.69, 9.17) is 5.73 Å². The third-order valence-electron chi connectivity index (χ3n) is 1.15. The van der Waals surface area contributed by atoms with Crippen LogP contribution in [-0.4, -0.2) is 21.5 Å². The number of nitrogens with two attached hydrogens (primary N) is 1. The molecule has 0 radical (unpaired) electrons. The Hall–Kier alpha value is -1.03. The molecule has 0 aliphatic rings. The molecule has 1 aromatic heterocycles. The van der Waals surface area contributed by atoms with Gasteiger partial charge in [-0.25, -0.2) is 15.0 Å². The third-order valence-corrected chi connectivity index (χ3v) is 1.15. The second-order valence-corrected chi connectivity index (χ2v) is 1.95. The first-order chi connectivity index (χ1) is 4.93. The van der Waals surface area contributed by atoms with E-state index in [1.165, 1.54) is 12.7 Å². The normalized spacial score (nSPS) is 9.70. The quantitative estimate of drug-likeness (QED) is 0.626. The van der Waals surface area contributed by atoms with E-state index in [2.05, 4.69) is 15.0 Å². The van der Waals surface area contributed by atoms with Crippen molar-refractivity contribution in [3.8, 4) is 0 Å². The molecule has 0 saturated carbocycles. The van der Waals surface area contributed by atoms with Crippen LogP contribution in [0.4, 0.5) is 0 Å². The molecule has 1 aromatic rings. The zero-order valence-electron chi connectivity index (χ0n) is 5.70. The summed E-state index contributed by atoms with van der Waals surface area (Å²) in [6, 6.07) is 0. The molecule has 0 spiro atoms. The fourth-order valence-corrected chi connectivity index (χ4v) is 0.652. The molecular weight excluding hydrogens is 128 g/mol. The van der Waals surface area contributed by atoms with Gasteiger partial charge >= 0.3 is 0 Å². The van der Waals surface area contributed by atoms with E-state index in [0.717, 1.165) is 18.7 Å². The van der Waals surface area contributed by atoms with Crippen LogP contribution in [0.2, 0.25) is 0 Å². The third kappa shape index (κ3) is 2.06. The van der Waals surface area contributed by atoms with Crippen molar-refractivity contribution in [3.05, 3.63) is 18.5 Å². The van der Waals surface area contributed by atoms with Gasteiger partial charge in [-0.3, -0.25) is 0 Å². The highest BCUT2D eigenvalue weighted by Gasteiger charge is 1.91. The molecule has 0 fully saturated rings. The van der Waals surface area contributed by atoms with Gasteiger partial charge in [0.15, 0.2) is 0 Å². The Kier molecular flexibility index (Phi) is 2.76. The maximum absolute atomic E-state index is 5.31. The largest absolute Gasteiger partial charge is 0.330 e. The van der Waals surface area contributed by atoms with E-state index in [1.807, 2.05) is 0 Å². The Balaban J connectivity index is 2.43. The molecule has 0 aliphatic carbocycles. The Labute approximate surface area is 59.5 Å². The lowest BCUT2D eigenvalue weighted by atomic mass is 10.3. The molecular formula is C6H10N4. The molecule has 4 nitrogen and oxygen atoms in total. The van der Waals surface area contributed by atoms with E-state index in [1.54, 1.807) is 0 Å². The first-order valence-electron chi connectivity index (χ1n) is 3.24. The van der Waals surface area contributed by atoms with Crippen molar-refractivity contribution in [3.63, 3.8) is 0 Å². The highest BCUT2D eigenvalue weighted by atomic mass is 15.0. The van der Waals surface area contributed by atoms with E-state index in [9.17, 15) is 0 Å². The number of rotatable bonds is 3. The van der Waals surface area contributed by atoms with E-state index >= 15 is 0 Å². The second-order valence-electron chi connectivity index (χ2n) is 1.95. The van der Waals surface area contributed by atoms with Crippen LogP contribution in [0.5, 0.6) is 0 Å². The van der Waals surface area contributed by atoms with Crippen LogP contribution in [0.15, 0.2) is 12.7 Å². The fourth-order valence-electron chi connectivity index (χ4n) is 0.652. The molecule has 0 aromatic carbocycles. The summed E-state index contributed by atoms with van der Waals surface area (Å²) >= 11 is 0. The lowest BCUT2D eigenvalue weighted by molar-refractivity contribution is 0.770. The first-order valence-corrected chi connectivity index (χ1v) is 3.24. The summed E-state index contributed by atoms with van der Waals surface area (Å²) in [5, 5.41) is 0. The zero-order valence-corrected chi connectivity index (χ0v) is 5.70. The predicted octanol–water partition coefficient (Wildman–Crippen LogP) is -0.237. The van der Waals surface area contributed by atoms with Gasteiger partial charge in [0.1, 0.15) is 18.5 Å². The van der Waals surface area contributed by atoms with Crippen molar-refractivity contribution in [1.29, 1.82) is 0 Å². The topological polar surface area (TPSA) is 64.7 Å². The minimum Gasteiger partial charge on any atom is -0.330 e. The second kappa shape index (κ2) is 3.90. The number of aryl methyl sites for hydroxylation is 1. The van der Waals surface area contributed by atoms with Gasteiger partial charge in [-0.05, 0) is 13.0 Å². The molecule has 0 amide bonds. The fraction of sp³-hybridized carbons (Fsp3) is 0.500. The van der Waals surface area contributed by atoms with Crippen molar-refractivity contribution < 1.29 is 0 Å². The van der Waals surface area contributed by atoms with Gasteiger partial charge in [0.05, 0.1) is 0 Å². The Morgan fingerprint density at radius 2 is 2.00 bits per heavy atom. The van der Waals surface area contributed by atoms with Crippen LogP contribution in [0.1, 0.15) is 12.2 Å². The first kappa shape index (κ1) is 7.08. The standard InChI is InChI=1S/C6H10N4/c7-3-1-2-6-9-4-8-5-10-6/h4-5H,1-3,7H2. The van der Waals surface area contributed by atoms with Crippen LogP contribution in [-0.2, 0) is 6.42 Å². The summed E-state index contributed by atoms with van der Waals surface area (Å²) in [7, 11) is 0. The van der Waals surface area contributed by atoms with Crippen LogP contribution in [0.25, 0.3) is 0 Å². The van der Waals surface area contributed by atoms with Crippen molar-refractivity contribution in [1.82, 2.24) is 15.0 Å². The lowest BCUT2D eigenvalue weighted by Crippen LogP contribution is -2.02. The Morgan fingerprint density at radius 1 is 1.30 bits per heavy atom. The monoisotopic (exact) mass is 138 g/mol. The number of nitrogens with zero attached hydrogens (tertiary/aromatic N) is 3. The minimum atomic E-state index is 0.686. The van der Waals surface area contributed by atoms with E-state index in [0.29, 0.717) is 6.54 Å². The zero-order chi connectivity index (χ0) is 7.23. The van der Waals surface area contributed by atoms with Crippen molar-refractivity contribution in [2.24, 2.45) is 5.73 Å². The highest BCUT2D eigenvalue weighted by Crippen LogP contribution is 1.89. The summed E-state index contributed by atoms with van der Waals surface area (Å²) in [5.74, 6) is 0.820. The van der Waals surface area contributed by atoms with Crippen molar-refractivity contribution in [2.45, 2.75) is 12.8 Å². The number of hydrogen-bond acceptors (Lipinski definition) is 4. The maximum Gasteiger partial charge on any atom is 0.131 e. The van der Waals surface area contributed by atoms with Crippen molar-refractivity contribution in [2.75, 3.05) is 6.54 Å². The van der Waals surface area contributed by atoms with Crippen LogP contribution in [0, 0.1) is 0 Å². The Bertz CT molecular complexity index is 174. The maximum atomic E-state index is 5.31. The van der Waals surface area contributed by atoms with Gasteiger partial charge in [0.25, 0.3) is 0 Å². The molecule has 0 atom stereocenters. The summed E-state index contributed by atoms with van der Waals surface area (Å²) < 4.78 is 0. The molecule has 10 heavy (non-hydrogen) atoms. The Morgan fingerprint density at radius 3 is 2.60 bits per heavy atom. The molecule has 1 heterocycles. The average molecular weight is 138 g/mol. The van der Waals surface area contributed by atoms with Gasteiger partial charge in [-0.2, -0.15) is 0 Å². The van der Waals surface area contributed by atoms with E-state index in [-0.39, 0.29) is 0 Å². The summed E-state index contributed by atoms with van der Waals surface area (Å²) in [6.45, 7) is 0.686. The predicted molar refractivity (Wildman–Crippen MR) is 37.2 cm³/mol. The summed E-state index contributed by atoms with van der Waals surface area (Å²) in [6.07, 6.45) is 4.78.